The molecule has 5 nitrogen and oxygen atoms in total. The summed E-state index contributed by atoms with van der Waals surface area (Å²) in [5.74, 6) is -0.631. The molecule has 148 valence electrons. The summed E-state index contributed by atoms with van der Waals surface area (Å²) in [7, 11) is 0. The molecular formula is C26H17N3O2. The van der Waals surface area contributed by atoms with E-state index in [0.29, 0.717) is 11.1 Å². The Labute approximate surface area is 177 Å². The Bertz CT molecular complexity index is 1530. The minimum absolute atomic E-state index is 0.315. The molecule has 5 heteroatoms. The Morgan fingerprint density at radius 1 is 0.839 bits per heavy atom. The molecular weight excluding hydrogens is 386 g/mol. The number of imidazole rings is 1. The molecule has 0 unspecified atom stereocenters. The number of carbonyl (C=O) groups is 2. The number of nitrogens with one attached hydrogen (secondary N) is 1. The third kappa shape index (κ3) is 2.67. The molecule has 0 saturated carbocycles. The van der Waals surface area contributed by atoms with Crippen LogP contribution < -0.4 is 5.32 Å². The van der Waals surface area contributed by atoms with Gasteiger partial charge in [0.1, 0.15) is 6.33 Å². The minimum atomic E-state index is -0.315. The molecule has 1 N–H and O–H groups in total. The summed E-state index contributed by atoms with van der Waals surface area (Å²) in [6.45, 7) is 0. The van der Waals surface area contributed by atoms with Crippen LogP contribution in [0.1, 0.15) is 32.0 Å². The number of amides is 2. The third-order valence-electron chi connectivity index (χ3n) is 5.85. The molecule has 0 atom stereocenters. The van der Waals surface area contributed by atoms with E-state index in [1.54, 1.807) is 12.1 Å². The molecule has 3 aromatic carbocycles. The molecule has 2 amide bonds. The number of hydrogen-bond acceptors (Lipinski definition) is 3. The van der Waals surface area contributed by atoms with Crippen LogP contribution in [0, 0.1) is 0 Å². The smallest absolute Gasteiger partial charge is 0.258 e. The van der Waals surface area contributed by atoms with Crippen molar-refractivity contribution in [1.29, 1.82) is 0 Å². The van der Waals surface area contributed by atoms with Crippen LogP contribution in [-0.4, -0.2) is 21.2 Å². The summed E-state index contributed by atoms with van der Waals surface area (Å²) in [6, 6.07) is 21.6. The molecule has 1 aliphatic carbocycles. The molecule has 0 bridgehead atoms. The Morgan fingerprint density at radius 3 is 2.32 bits per heavy atom. The summed E-state index contributed by atoms with van der Waals surface area (Å²) in [4.78, 5) is 27.6. The second-order valence-corrected chi connectivity index (χ2v) is 7.67. The molecule has 2 aliphatic rings. The van der Waals surface area contributed by atoms with Gasteiger partial charge in [0.05, 0.1) is 16.7 Å². The molecule has 7 rings (SSSR count). The highest BCUT2D eigenvalue weighted by Gasteiger charge is 2.23. The highest BCUT2D eigenvalue weighted by Crippen LogP contribution is 2.28. The summed E-state index contributed by atoms with van der Waals surface area (Å²) >= 11 is 0. The van der Waals surface area contributed by atoms with Crippen LogP contribution in [0.25, 0.3) is 33.3 Å². The molecule has 0 spiro atoms. The monoisotopic (exact) mass is 403 g/mol. The minimum Gasteiger partial charge on any atom is -0.298 e. The van der Waals surface area contributed by atoms with Gasteiger partial charge in [-0.1, -0.05) is 54.6 Å². The average molecular weight is 403 g/mol. The van der Waals surface area contributed by atoms with Crippen molar-refractivity contribution in [3.8, 4) is 0 Å². The summed E-state index contributed by atoms with van der Waals surface area (Å²) in [5.41, 5.74) is 6.10. The van der Waals surface area contributed by atoms with Crippen LogP contribution in [0.15, 0.2) is 79.1 Å². The van der Waals surface area contributed by atoms with Gasteiger partial charge in [0, 0.05) is 28.5 Å². The number of nitrogens with zero attached hydrogens (tertiary/aromatic N) is 2. The first kappa shape index (κ1) is 17.6. The predicted molar refractivity (Wildman–Crippen MR) is 121 cm³/mol. The van der Waals surface area contributed by atoms with E-state index in [9.17, 15) is 9.59 Å². The summed E-state index contributed by atoms with van der Waals surface area (Å²) in [6.07, 6.45) is 7.25. The van der Waals surface area contributed by atoms with Gasteiger partial charge in [0.25, 0.3) is 11.8 Å². The van der Waals surface area contributed by atoms with E-state index in [1.807, 2.05) is 30.6 Å². The lowest BCUT2D eigenvalue weighted by atomic mass is 9.95. The van der Waals surface area contributed by atoms with E-state index in [2.05, 4.69) is 57.2 Å². The van der Waals surface area contributed by atoms with E-state index in [1.165, 1.54) is 27.7 Å². The van der Waals surface area contributed by atoms with Gasteiger partial charge >= 0.3 is 0 Å². The van der Waals surface area contributed by atoms with Crippen molar-refractivity contribution in [3.63, 3.8) is 0 Å². The van der Waals surface area contributed by atoms with E-state index in [-0.39, 0.29) is 11.8 Å². The standard InChI is InChI=1S/C14H10N2.C12H7NO2/c1-2-7-13-10(4-1)8-11-5-3-6-12-14(11)16(13)9-15-12;14-11-8-5-1-3-7-4-2-6-9(10(7)8)12(15)13-11/h1-5,7-9H,6H2;1-6H,(H,13,14,15). The SMILES string of the molecule is C1=Cc2cc3ccccc3n3cnc(c23)C1.O=C1NC(=O)c2cccc3cccc1c23. The van der Waals surface area contributed by atoms with Crippen molar-refractivity contribution in [2.75, 3.05) is 0 Å². The second-order valence-electron chi connectivity index (χ2n) is 7.67. The first-order valence-corrected chi connectivity index (χ1v) is 10.1. The first-order valence-electron chi connectivity index (χ1n) is 10.1. The normalized spacial score (nSPS) is 13.9. The maximum Gasteiger partial charge on any atom is 0.258 e. The Kier molecular flexibility index (Phi) is 3.77. The van der Waals surface area contributed by atoms with Gasteiger partial charge < -0.3 is 0 Å². The molecule has 3 heterocycles. The van der Waals surface area contributed by atoms with Gasteiger partial charge in [0.2, 0.25) is 0 Å². The topological polar surface area (TPSA) is 63.5 Å². The number of para-hydroxylation sites is 1. The number of rotatable bonds is 0. The summed E-state index contributed by atoms with van der Waals surface area (Å²) in [5, 5.41) is 5.26. The Hall–Kier alpha value is -4.25. The number of carbonyl (C=O) groups excluding carboxylic acids is 2. The Morgan fingerprint density at radius 2 is 1.55 bits per heavy atom. The van der Waals surface area contributed by atoms with Gasteiger partial charge in [-0.25, -0.2) is 4.98 Å². The zero-order chi connectivity index (χ0) is 20.9. The van der Waals surface area contributed by atoms with Crippen LogP contribution in [0.4, 0.5) is 0 Å². The second kappa shape index (κ2) is 6.64. The molecule has 5 aromatic rings. The van der Waals surface area contributed by atoms with E-state index >= 15 is 0 Å². The quantitative estimate of drug-likeness (QED) is 0.379. The third-order valence-corrected chi connectivity index (χ3v) is 5.85. The molecule has 0 radical (unpaired) electrons. The van der Waals surface area contributed by atoms with Crippen molar-refractivity contribution >= 4 is 45.1 Å². The maximum absolute atomic E-state index is 11.6. The van der Waals surface area contributed by atoms with Crippen LogP contribution in [-0.2, 0) is 6.42 Å². The van der Waals surface area contributed by atoms with Gasteiger partial charge in [-0.05, 0) is 35.0 Å². The fourth-order valence-electron chi connectivity index (χ4n) is 4.47. The number of aromatic nitrogens is 2. The fourth-order valence-corrected chi connectivity index (χ4v) is 4.47. The number of imide groups is 1. The zero-order valence-electron chi connectivity index (χ0n) is 16.5. The average Bonchev–Trinajstić information content (AvgIpc) is 3.24. The highest BCUT2D eigenvalue weighted by molar-refractivity contribution is 6.25. The number of benzene rings is 3. The molecule has 0 saturated heterocycles. The van der Waals surface area contributed by atoms with E-state index in [4.69, 9.17) is 0 Å². The molecule has 2 aromatic heterocycles. The lowest BCUT2D eigenvalue weighted by Gasteiger charge is -2.15. The van der Waals surface area contributed by atoms with Crippen molar-refractivity contribution in [3.05, 3.63) is 102 Å². The van der Waals surface area contributed by atoms with Crippen molar-refractivity contribution in [2.45, 2.75) is 6.42 Å². The lowest BCUT2D eigenvalue weighted by molar-refractivity contribution is 0.0845. The van der Waals surface area contributed by atoms with E-state index < -0.39 is 0 Å². The van der Waals surface area contributed by atoms with E-state index in [0.717, 1.165) is 17.2 Å². The lowest BCUT2D eigenvalue weighted by Crippen LogP contribution is -2.34. The van der Waals surface area contributed by atoms with Gasteiger partial charge in [0.15, 0.2) is 0 Å². The van der Waals surface area contributed by atoms with Crippen molar-refractivity contribution in [1.82, 2.24) is 14.7 Å². The fraction of sp³-hybridized carbons (Fsp3) is 0.0385. The number of allylic oxidation sites excluding steroid dienone is 1. The summed E-state index contributed by atoms with van der Waals surface area (Å²) < 4.78 is 2.20. The number of fused-ring (bicyclic) bond motifs is 2. The number of pyridine rings is 1. The van der Waals surface area contributed by atoms with Gasteiger partial charge in [-0.15, -0.1) is 0 Å². The van der Waals surface area contributed by atoms with Crippen LogP contribution in [0.3, 0.4) is 0 Å². The van der Waals surface area contributed by atoms with Crippen LogP contribution >= 0.6 is 0 Å². The Balaban J connectivity index is 0.000000120. The largest absolute Gasteiger partial charge is 0.298 e. The van der Waals surface area contributed by atoms with Crippen molar-refractivity contribution in [2.24, 2.45) is 0 Å². The van der Waals surface area contributed by atoms with Crippen LogP contribution in [0.2, 0.25) is 0 Å². The number of hydrogen-bond donors (Lipinski definition) is 1. The molecule has 31 heavy (non-hydrogen) atoms. The molecule has 0 fully saturated rings. The predicted octanol–water partition coefficient (Wildman–Crippen LogP) is 4.78. The van der Waals surface area contributed by atoms with Crippen molar-refractivity contribution < 1.29 is 9.59 Å². The maximum atomic E-state index is 11.6. The molecule has 1 aliphatic heterocycles. The van der Waals surface area contributed by atoms with Crippen LogP contribution in [0.5, 0.6) is 0 Å². The first-order chi connectivity index (χ1) is 15.2. The zero-order valence-corrected chi connectivity index (χ0v) is 16.5. The van der Waals surface area contributed by atoms with Gasteiger partial charge in [-0.2, -0.15) is 0 Å². The highest BCUT2D eigenvalue weighted by atomic mass is 16.2. The van der Waals surface area contributed by atoms with Gasteiger partial charge in [-0.3, -0.25) is 19.3 Å².